The van der Waals surface area contributed by atoms with Gasteiger partial charge in [-0.05, 0) is 44.0 Å². The van der Waals surface area contributed by atoms with Crippen LogP contribution >= 0.6 is 11.6 Å². The van der Waals surface area contributed by atoms with E-state index in [-0.39, 0.29) is 15.8 Å². The Morgan fingerprint density at radius 1 is 1.15 bits per heavy atom. The molecule has 2 heterocycles. The van der Waals surface area contributed by atoms with Crippen molar-refractivity contribution in [1.82, 2.24) is 14.1 Å². The van der Waals surface area contributed by atoms with Crippen LogP contribution in [0, 0.1) is 5.92 Å². The van der Waals surface area contributed by atoms with Crippen molar-refractivity contribution in [2.45, 2.75) is 24.7 Å². The summed E-state index contributed by atoms with van der Waals surface area (Å²) in [6, 6.07) is 4.58. The van der Waals surface area contributed by atoms with Gasteiger partial charge in [0.25, 0.3) is 5.91 Å². The molecule has 0 spiro atoms. The highest BCUT2D eigenvalue weighted by Gasteiger charge is 2.31. The fourth-order valence-electron chi connectivity index (χ4n) is 3.56. The number of sulfonamides is 1. The number of carbonyl (C=O) groups excluding carboxylic acids is 1. The molecule has 0 aliphatic carbocycles. The molecule has 2 aliphatic rings. The summed E-state index contributed by atoms with van der Waals surface area (Å²) in [6.45, 7) is 5.77. The highest BCUT2D eigenvalue weighted by Crippen LogP contribution is 2.28. The Hall–Kier alpha value is -1.15. The molecule has 8 heteroatoms. The van der Waals surface area contributed by atoms with Crippen molar-refractivity contribution in [2.75, 3.05) is 46.3 Å². The van der Waals surface area contributed by atoms with Crippen LogP contribution < -0.4 is 0 Å². The zero-order chi connectivity index (χ0) is 18.9. The van der Waals surface area contributed by atoms with E-state index in [4.69, 9.17) is 11.6 Å². The predicted octanol–water partition coefficient (Wildman–Crippen LogP) is 2.15. The van der Waals surface area contributed by atoms with Crippen molar-refractivity contribution < 1.29 is 13.2 Å². The maximum atomic E-state index is 13.0. The SMILES string of the molecule is C[C@H]1CCCN(C(=O)c2ccc(Cl)c(S(=O)(=O)N3CCN(C)CC3)c2)C1. The van der Waals surface area contributed by atoms with E-state index in [0.717, 1.165) is 12.8 Å². The Bertz CT molecular complexity index is 776. The second-order valence-corrected chi connectivity index (χ2v) is 9.66. The van der Waals surface area contributed by atoms with Crippen LogP contribution in [-0.2, 0) is 10.0 Å². The third-order valence-electron chi connectivity index (χ3n) is 5.20. The Morgan fingerprint density at radius 2 is 1.85 bits per heavy atom. The number of amides is 1. The summed E-state index contributed by atoms with van der Waals surface area (Å²) >= 11 is 6.20. The first-order valence-corrected chi connectivity index (χ1v) is 10.9. The molecule has 0 aromatic heterocycles. The first-order valence-electron chi connectivity index (χ1n) is 9.06. The predicted molar refractivity (Wildman–Crippen MR) is 102 cm³/mol. The van der Waals surface area contributed by atoms with E-state index in [9.17, 15) is 13.2 Å². The smallest absolute Gasteiger partial charge is 0.253 e. The minimum atomic E-state index is -3.71. The lowest BCUT2D eigenvalue weighted by atomic mass is 9.99. The van der Waals surface area contributed by atoms with Crippen LogP contribution in [0.5, 0.6) is 0 Å². The minimum absolute atomic E-state index is 0.0274. The molecule has 3 rings (SSSR count). The van der Waals surface area contributed by atoms with Crippen LogP contribution in [-0.4, -0.2) is 74.7 Å². The van der Waals surface area contributed by atoms with E-state index < -0.39 is 10.0 Å². The van der Waals surface area contributed by atoms with Gasteiger partial charge in [-0.2, -0.15) is 4.31 Å². The van der Waals surface area contributed by atoms with Crippen LogP contribution in [0.4, 0.5) is 0 Å². The van der Waals surface area contributed by atoms with Crippen LogP contribution in [0.3, 0.4) is 0 Å². The average Bonchev–Trinajstić information content (AvgIpc) is 2.62. The summed E-state index contributed by atoms with van der Waals surface area (Å²) in [5.41, 5.74) is 0.385. The monoisotopic (exact) mass is 399 g/mol. The maximum Gasteiger partial charge on any atom is 0.253 e. The zero-order valence-electron chi connectivity index (χ0n) is 15.3. The lowest BCUT2D eigenvalue weighted by molar-refractivity contribution is 0.0683. The van der Waals surface area contributed by atoms with Gasteiger partial charge < -0.3 is 9.80 Å². The number of rotatable bonds is 3. The molecule has 0 unspecified atom stereocenters. The van der Waals surface area contributed by atoms with E-state index in [1.54, 1.807) is 6.07 Å². The molecular formula is C18H26ClN3O3S. The van der Waals surface area contributed by atoms with Gasteiger partial charge in [0, 0.05) is 44.8 Å². The second-order valence-electron chi connectivity index (χ2n) is 7.35. The van der Waals surface area contributed by atoms with Gasteiger partial charge in [0.2, 0.25) is 10.0 Å². The number of carbonyl (C=O) groups is 1. The summed E-state index contributed by atoms with van der Waals surface area (Å²) in [7, 11) is -1.74. The molecule has 2 saturated heterocycles. The third-order valence-corrected chi connectivity index (χ3v) is 7.58. The lowest BCUT2D eigenvalue weighted by Crippen LogP contribution is -2.47. The summed E-state index contributed by atoms with van der Waals surface area (Å²) in [5, 5.41) is 0.160. The van der Waals surface area contributed by atoms with Crippen LogP contribution in [0.1, 0.15) is 30.1 Å². The molecule has 2 aliphatic heterocycles. The van der Waals surface area contributed by atoms with Crippen molar-refractivity contribution >= 4 is 27.5 Å². The number of piperazine rings is 1. The molecule has 1 aromatic rings. The Kier molecular flexibility index (Phi) is 5.91. The quantitative estimate of drug-likeness (QED) is 0.781. The maximum absolute atomic E-state index is 13.0. The molecule has 0 N–H and O–H groups in total. The van der Waals surface area contributed by atoms with Crippen molar-refractivity contribution in [3.63, 3.8) is 0 Å². The van der Waals surface area contributed by atoms with Gasteiger partial charge in [0.1, 0.15) is 4.90 Å². The molecule has 6 nitrogen and oxygen atoms in total. The van der Waals surface area contributed by atoms with Crippen molar-refractivity contribution in [1.29, 1.82) is 0 Å². The number of nitrogens with zero attached hydrogens (tertiary/aromatic N) is 3. The highest BCUT2D eigenvalue weighted by molar-refractivity contribution is 7.89. The van der Waals surface area contributed by atoms with Gasteiger partial charge in [-0.15, -0.1) is 0 Å². The van der Waals surface area contributed by atoms with Crippen molar-refractivity contribution in [3.8, 4) is 0 Å². The van der Waals surface area contributed by atoms with E-state index >= 15 is 0 Å². The molecule has 1 aromatic carbocycles. The molecule has 144 valence electrons. The molecule has 0 radical (unpaired) electrons. The summed E-state index contributed by atoms with van der Waals surface area (Å²) < 4.78 is 27.5. The molecule has 1 amide bonds. The second kappa shape index (κ2) is 7.84. The number of piperidine rings is 1. The number of likely N-dealkylation sites (N-methyl/N-ethyl adjacent to an activating group) is 1. The van der Waals surface area contributed by atoms with Crippen LogP contribution in [0.15, 0.2) is 23.1 Å². The fourth-order valence-corrected chi connectivity index (χ4v) is 5.48. The molecule has 0 bridgehead atoms. The van der Waals surface area contributed by atoms with Crippen molar-refractivity contribution in [3.05, 3.63) is 28.8 Å². The molecule has 26 heavy (non-hydrogen) atoms. The number of likely N-dealkylation sites (tertiary alicyclic amines) is 1. The Labute approximate surface area is 160 Å². The molecule has 1 atom stereocenters. The Balaban J connectivity index is 1.86. The standard InChI is InChI=1S/C18H26ClN3O3S/c1-14-4-3-7-21(13-14)18(23)15-5-6-16(19)17(12-15)26(24,25)22-10-8-20(2)9-11-22/h5-6,12,14H,3-4,7-11,13H2,1-2H3/t14-/m0/s1. The van der Waals surface area contributed by atoms with Gasteiger partial charge >= 0.3 is 0 Å². The summed E-state index contributed by atoms with van der Waals surface area (Å²) in [6.07, 6.45) is 2.10. The Morgan fingerprint density at radius 3 is 2.50 bits per heavy atom. The van der Waals surface area contributed by atoms with Gasteiger partial charge in [-0.1, -0.05) is 18.5 Å². The van der Waals surface area contributed by atoms with E-state index in [0.29, 0.717) is 50.7 Å². The van der Waals surface area contributed by atoms with Crippen LogP contribution in [0.25, 0.3) is 0 Å². The number of benzene rings is 1. The van der Waals surface area contributed by atoms with Gasteiger partial charge in [-0.3, -0.25) is 4.79 Å². The number of hydrogen-bond donors (Lipinski definition) is 0. The first kappa shape index (κ1) is 19.6. The van der Waals surface area contributed by atoms with Crippen LogP contribution in [0.2, 0.25) is 5.02 Å². The molecular weight excluding hydrogens is 374 g/mol. The highest BCUT2D eigenvalue weighted by atomic mass is 35.5. The first-order chi connectivity index (χ1) is 12.3. The van der Waals surface area contributed by atoms with Gasteiger partial charge in [-0.25, -0.2) is 8.42 Å². The average molecular weight is 400 g/mol. The topological polar surface area (TPSA) is 60.9 Å². The van der Waals surface area contributed by atoms with E-state index in [1.807, 2.05) is 11.9 Å². The lowest BCUT2D eigenvalue weighted by Gasteiger charge is -2.32. The molecule has 0 saturated carbocycles. The number of hydrogen-bond acceptors (Lipinski definition) is 4. The summed E-state index contributed by atoms with van der Waals surface area (Å²) in [4.78, 5) is 16.7. The van der Waals surface area contributed by atoms with Crippen molar-refractivity contribution in [2.24, 2.45) is 5.92 Å². The largest absolute Gasteiger partial charge is 0.338 e. The van der Waals surface area contributed by atoms with Gasteiger partial charge in [0.05, 0.1) is 5.02 Å². The third kappa shape index (κ3) is 4.06. The van der Waals surface area contributed by atoms with Gasteiger partial charge in [0.15, 0.2) is 0 Å². The number of halogens is 1. The fraction of sp³-hybridized carbons (Fsp3) is 0.611. The van der Waals surface area contributed by atoms with E-state index in [1.165, 1.54) is 16.4 Å². The zero-order valence-corrected chi connectivity index (χ0v) is 16.9. The molecule has 2 fully saturated rings. The summed E-state index contributed by atoms with van der Waals surface area (Å²) in [5.74, 6) is 0.344. The van der Waals surface area contributed by atoms with E-state index in [2.05, 4.69) is 11.8 Å². The normalized spacial score (nSPS) is 23.2. The minimum Gasteiger partial charge on any atom is -0.338 e.